The zero-order valence-corrected chi connectivity index (χ0v) is 13.6. The van der Waals surface area contributed by atoms with E-state index in [4.69, 9.17) is 0 Å². The van der Waals surface area contributed by atoms with Gasteiger partial charge in [0, 0.05) is 25.0 Å². The van der Waals surface area contributed by atoms with Gasteiger partial charge in [-0.15, -0.1) is 0 Å². The summed E-state index contributed by atoms with van der Waals surface area (Å²) in [5.41, 5.74) is 1.13. The van der Waals surface area contributed by atoms with Gasteiger partial charge in [-0.3, -0.25) is 9.59 Å². The Morgan fingerprint density at radius 3 is 2.83 bits per heavy atom. The summed E-state index contributed by atoms with van der Waals surface area (Å²) in [7, 11) is 0. The molecule has 2 saturated heterocycles. The minimum absolute atomic E-state index is 0.0298. The highest BCUT2D eigenvalue weighted by Crippen LogP contribution is 2.19. The van der Waals surface area contributed by atoms with Crippen LogP contribution < -0.4 is 10.6 Å². The minimum atomic E-state index is -0.351. The maximum Gasteiger partial charge on any atom is 0.245 e. The standard InChI is InChI=1S/C18H25N3O2/c1-13-11-15(7-9-19-13)17(22)20-16-8-10-21(18(16)23)12-14-5-3-2-4-6-14/h2-6,13,15-16,19H,7-12H2,1H3,(H,20,22)/t13-,15-,16?/m0/s1. The van der Waals surface area contributed by atoms with E-state index in [1.807, 2.05) is 35.2 Å². The summed E-state index contributed by atoms with van der Waals surface area (Å²) in [5, 5.41) is 6.33. The number of hydrogen-bond acceptors (Lipinski definition) is 3. The molecule has 124 valence electrons. The lowest BCUT2D eigenvalue weighted by atomic mass is 9.92. The molecule has 3 rings (SSSR count). The van der Waals surface area contributed by atoms with Crippen LogP contribution in [0.5, 0.6) is 0 Å². The van der Waals surface area contributed by atoms with Gasteiger partial charge in [-0.2, -0.15) is 0 Å². The Morgan fingerprint density at radius 2 is 2.09 bits per heavy atom. The van der Waals surface area contributed by atoms with Crippen LogP contribution in [0.3, 0.4) is 0 Å². The topological polar surface area (TPSA) is 61.4 Å². The predicted molar refractivity (Wildman–Crippen MR) is 88.6 cm³/mol. The molecule has 2 amide bonds. The van der Waals surface area contributed by atoms with Crippen LogP contribution in [0.1, 0.15) is 31.7 Å². The molecule has 2 heterocycles. The van der Waals surface area contributed by atoms with Crippen molar-refractivity contribution in [3.05, 3.63) is 35.9 Å². The molecule has 23 heavy (non-hydrogen) atoms. The van der Waals surface area contributed by atoms with E-state index in [1.165, 1.54) is 0 Å². The summed E-state index contributed by atoms with van der Waals surface area (Å²) < 4.78 is 0. The van der Waals surface area contributed by atoms with Crippen LogP contribution in [0.2, 0.25) is 0 Å². The van der Waals surface area contributed by atoms with E-state index < -0.39 is 0 Å². The maximum atomic E-state index is 12.5. The highest BCUT2D eigenvalue weighted by atomic mass is 16.2. The monoisotopic (exact) mass is 315 g/mol. The highest BCUT2D eigenvalue weighted by Gasteiger charge is 2.34. The van der Waals surface area contributed by atoms with Crippen LogP contribution in [-0.4, -0.2) is 41.9 Å². The second kappa shape index (κ2) is 7.13. The lowest BCUT2D eigenvalue weighted by Crippen LogP contribution is -2.47. The summed E-state index contributed by atoms with van der Waals surface area (Å²) in [6.07, 6.45) is 2.41. The van der Waals surface area contributed by atoms with Gasteiger partial charge in [0.1, 0.15) is 6.04 Å². The fourth-order valence-electron chi connectivity index (χ4n) is 3.49. The average Bonchev–Trinajstić information content (AvgIpc) is 2.89. The largest absolute Gasteiger partial charge is 0.344 e. The first kappa shape index (κ1) is 16.0. The molecule has 5 nitrogen and oxygen atoms in total. The summed E-state index contributed by atoms with van der Waals surface area (Å²) in [6, 6.07) is 9.99. The van der Waals surface area contributed by atoms with Crippen LogP contribution in [-0.2, 0) is 16.1 Å². The van der Waals surface area contributed by atoms with Crippen molar-refractivity contribution >= 4 is 11.8 Å². The first-order valence-corrected chi connectivity index (χ1v) is 8.50. The van der Waals surface area contributed by atoms with Gasteiger partial charge in [0.25, 0.3) is 0 Å². The van der Waals surface area contributed by atoms with Gasteiger partial charge in [0.2, 0.25) is 11.8 Å². The van der Waals surface area contributed by atoms with Gasteiger partial charge < -0.3 is 15.5 Å². The van der Waals surface area contributed by atoms with Crippen LogP contribution in [0.4, 0.5) is 0 Å². The van der Waals surface area contributed by atoms with E-state index >= 15 is 0 Å². The molecule has 3 atom stereocenters. The third kappa shape index (κ3) is 3.91. The summed E-state index contributed by atoms with van der Waals surface area (Å²) >= 11 is 0. The molecule has 0 aromatic heterocycles. The van der Waals surface area contributed by atoms with E-state index in [-0.39, 0.29) is 23.8 Å². The molecule has 0 bridgehead atoms. The van der Waals surface area contributed by atoms with Crippen LogP contribution >= 0.6 is 0 Å². The Morgan fingerprint density at radius 1 is 1.30 bits per heavy atom. The molecule has 2 fully saturated rings. The van der Waals surface area contributed by atoms with Crippen LogP contribution in [0, 0.1) is 5.92 Å². The number of nitrogens with zero attached hydrogens (tertiary/aromatic N) is 1. The second-order valence-corrected chi connectivity index (χ2v) is 6.67. The van der Waals surface area contributed by atoms with E-state index in [2.05, 4.69) is 17.6 Å². The van der Waals surface area contributed by atoms with Crippen molar-refractivity contribution < 1.29 is 9.59 Å². The number of rotatable bonds is 4. The number of likely N-dealkylation sites (tertiary alicyclic amines) is 1. The predicted octanol–water partition coefficient (Wildman–Crippen LogP) is 1.29. The molecule has 5 heteroatoms. The highest BCUT2D eigenvalue weighted by molar-refractivity contribution is 5.89. The van der Waals surface area contributed by atoms with Gasteiger partial charge in [-0.05, 0) is 38.3 Å². The Bertz CT molecular complexity index is 561. The van der Waals surface area contributed by atoms with E-state index in [9.17, 15) is 9.59 Å². The van der Waals surface area contributed by atoms with Crippen molar-refractivity contribution in [3.63, 3.8) is 0 Å². The normalized spacial score (nSPS) is 28.0. The first-order valence-electron chi connectivity index (χ1n) is 8.50. The number of benzene rings is 1. The van der Waals surface area contributed by atoms with Crippen molar-refractivity contribution in [3.8, 4) is 0 Å². The Hall–Kier alpha value is -1.88. The van der Waals surface area contributed by atoms with Gasteiger partial charge in [-0.25, -0.2) is 0 Å². The molecule has 0 spiro atoms. The molecule has 1 aromatic carbocycles. The number of carbonyl (C=O) groups excluding carboxylic acids is 2. The van der Waals surface area contributed by atoms with Crippen molar-refractivity contribution in [1.29, 1.82) is 0 Å². The summed E-state index contributed by atoms with van der Waals surface area (Å²) in [5.74, 6) is 0.115. The van der Waals surface area contributed by atoms with Crippen molar-refractivity contribution in [1.82, 2.24) is 15.5 Å². The minimum Gasteiger partial charge on any atom is -0.344 e. The molecular weight excluding hydrogens is 290 g/mol. The smallest absolute Gasteiger partial charge is 0.245 e. The number of hydrogen-bond donors (Lipinski definition) is 2. The lowest BCUT2D eigenvalue weighted by molar-refractivity contribution is -0.134. The van der Waals surface area contributed by atoms with Gasteiger partial charge in [0.15, 0.2) is 0 Å². The third-order valence-electron chi connectivity index (χ3n) is 4.82. The van der Waals surface area contributed by atoms with E-state index in [0.29, 0.717) is 25.6 Å². The summed E-state index contributed by atoms with van der Waals surface area (Å²) in [6.45, 7) is 4.30. The lowest BCUT2D eigenvalue weighted by Gasteiger charge is -2.28. The van der Waals surface area contributed by atoms with Crippen molar-refractivity contribution in [2.24, 2.45) is 5.92 Å². The van der Waals surface area contributed by atoms with Crippen LogP contribution in [0.25, 0.3) is 0 Å². The molecule has 1 aromatic rings. The Balaban J connectivity index is 1.53. The molecule has 0 radical (unpaired) electrons. The maximum absolute atomic E-state index is 12.5. The molecule has 2 aliphatic rings. The van der Waals surface area contributed by atoms with Crippen molar-refractivity contribution in [2.45, 2.75) is 44.8 Å². The van der Waals surface area contributed by atoms with E-state index in [1.54, 1.807) is 0 Å². The van der Waals surface area contributed by atoms with Gasteiger partial charge in [-0.1, -0.05) is 30.3 Å². The zero-order chi connectivity index (χ0) is 16.2. The molecule has 0 saturated carbocycles. The molecule has 1 unspecified atom stereocenters. The molecule has 2 aliphatic heterocycles. The van der Waals surface area contributed by atoms with Gasteiger partial charge >= 0.3 is 0 Å². The molecular formula is C18H25N3O2. The van der Waals surface area contributed by atoms with Crippen molar-refractivity contribution in [2.75, 3.05) is 13.1 Å². The van der Waals surface area contributed by atoms with Gasteiger partial charge in [0.05, 0.1) is 0 Å². The van der Waals surface area contributed by atoms with Crippen LogP contribution in [0.15, 0.2) is 30.3 Å². The fourth-order valence-corrected chi connectivity index (χ4v) is 3.49. The fraction of sp³-hybridized carbons (Fsp3) is 0.556. The second-order valence-electron chi connectivity index (χ2n) is 6.67. The molecule has 0 aliphatic carbocycles. The third-order valence-corrected chi connectivity index (χ3v) is 4.82. The summed E-state index contributed by atoms with van der Waals surface area (Å²) in [4.78, 5) is 26.7. The number of amides is 2. The quantitative estimate of drug-likeness (QED) is 0.880. The molecule has 2 N–H and O–H groups in total. The number of nitrogens with one attached hydrogen (secondary N) is 2. The SMILES string of the molecule is C[C@H]1C[C@@H](C(=O)NC2CCN(Cc3ccccc3)C2=O)CCN1. The zero-order valence-electron chi connectivity index (χ0n) is 13.6. The van der Waals surface area contributed by atoms with E-state index in [0.717, 1.165) is 24.9 Å². The average molecular weight is 315 g/mol. The Kier molecular flexibility index (Phi) is 4.96. The Labute approximate surface area is 137 Å². The number of piperidine rings is 1. The number of carbonyl (C=O) groups is 2. The first-order chi connectivity index (χ1) is 11.1.